The number of anilines is 1. The van der Waals surface area contributed by atoms with E-state index in [0.29, 0.717) is 10.7 Å². The molecular formula is C14H12ClN3. The molecule has 0 fully saturated rings. The molecule has 0 aliphatic carbocycles. The fourth-order valence-corrected chi connectivity index (χ4v) is 2.07. The van der Waals surface area contributed by atoms with Gasteiger partial charge in [0.05, 0.1) is 21.7 Å². The van der Waals surface area contributed by atoms with Crippen LogP contribution < -0.4 is 5.73 Å². The lowest BCUT2D eigenvalue weighted by atomic mass is 10.2. The zero-order valence-corrected chi connectivity index (χ0v) is 10.6. The Hall–Kier alpha value is -2.00. The summed E-state index contributed by atoms with van der Waals surface area (Å²) in [5.74, 6) is 0.805. The first-order valence-corrected chi connectivity index (χ1v) is 6.03. The van der Waals surface area contributed by atoms with Crippen molar-refractivity contribution in [3.63, 3.8) is 0 Å². The van der Waals surface area contributed by atoms with E-state index >= 15 is 0 Å². The minimum atomic E-state index is 0.561. The Balaban J connectivity index is 2.16. The van der Waals surface area contributed by atoms with Gasteiger partial charge in [-0.1, -0.05) is 17.7 Å². The van der Waals surface area contributed by atoms with E-state index in [1.165, 1.54) is 5.56 Å². The summed E-state index contributed by atoms with van der Waals surface area (Å²) in [6, 6.07) is 11.6. The topological polar surface area (TPSA) is 54.7 Å². The Morgan fingerprint density at radius 2 is 2.00 bits per heavy atom. The van der Waals surface area contributed by atoms with Crippen LogP contribution in [0.1, 0.15) is 5.56 Å². The van der Waals surface area contributed by atoms with Crippen molar-refractivity contribution in [3.05, 3.63) is 47.0 Å². The fourth-order valence-electron chi connectivity index (χ4n) is 1.95. The summed E-state index contributed by atoms with van der Waals surface area (Å²) in [7, 11) is 0. The summed E-state index contributed by atoms with van der Waals surface area (Å²) in [4.78, 5) is 7.83. The number of H-pyrrole nitrogens is 1. The van der Waals surface area contributed by atoms with Crippen LogP contribution in [-0.4, -0.2) is 9.97 Å². The lowest BCUT2D eigenvalue weighted by Gasteiger charge is -2.00. The third-order valence-electron chi connectivity index (χ3n) is 2.91. The minimum absolute atomic E-state index is 0.561. The normalized spacial score (nSPS) is 11.0. The van der Waals surface area contributed by atoms with Crippen molar-refractivity contribution >= 4 is 28.3 Å². The van der Waals surface area contributed by atoms with E-state index in [9.17, 15) is 0 Å². The lowest BCUT2D eigenvalue weighted by molar-refractivity contribution is 1.34. The maximum Gasteiger partial charge on any atom is 0.138 e. The fraction of sp³-hybridized carbons (Fsp3) is 0.0714. The van der Waals surface area contributed by atoms with Gasteiger partial charge in [-0.3, -0.25) is 0 Å². The number of nitrogens with two attached hydrogens (primary N) is 1. The second kappa shape index (κ2) is 4.03. The molecule has 0 amide bonds. The molecule has 2 aromatic carbocycles. The standard InChI is InChI=1S/C14H12ClN3/c1-8-2-5-12-13(6-8)18-14(17-12)9-3-4-10(15)11(16)7-9/h2-7H,16H2,1H3,(H,17,18). The number of aromatic nitrogens is 2. The smallest absolute Gasteiger partial charge is 0.138 e. The molecule has 0 atom stereocenters. The summed E-state index contributed by atoms with van der Waals surface area (Å²) < 4.78 is 0. The molecule has 0 bridgehead atoms. The van der Waals surface area contributed by atoms with Crippen LogP contribution in [0.25, 0.3) is 22.4 Å². The van der Waals surface area contributed by atoms with Crippen LogP contribution in [0.4, 0.5) is 5.69 Å². The first-order chi connectivity index (χ1) is 8.63. The van der Waals surface area contributed by atoms with E-state index in [2.05, 4.69) is 23.0 Å². The molecule has 0 unspecified atom stereocenters. The zero-order valence-electron chi connectivity index (χ0n) is 9.87. The van der Waals surface area contributed by atoms with Crippen molar-refractivity contribution in [2.45, 2.75) is 6.92 Å². The number of halogens is 1. The molecule has 1 heterocycles. The van der Waals surface area contributed by atoms with Crippen molar-refractivity contribution in [3.8, 4) is 11.4 Å². The van der Waals surface area contributed by atoms with Crippen LogP contribution in [-0.2, 0) is 0 Å². The summed E-state index contributed by atoms with van der Waals surface area (Å²) in [5, 5.41) is 0.561. The Bertz CT molecular complexity index is 731. The molecule has 90 valence electrons. The Morgan fingerprint density at radius 1 is 1.17 bits per heavy atom. The van der Waals surface area contributed by atoms with Crippen molar-refractivity contribution in [2.24, 2.45) is 0 Å². The van der Waals surface area contributed by atoms with E-state index in [4.69, 9.17) is 17.3 Å². The van der Waals surface area contributed by atoms with E-state index < -0.39 is 0 Å². The van der Waals surface area contributed by atoms with Gasteiger partial charge >= 0.3 is 0 Å². The maximum atomic E-state index is 5.91. The molecule has 18 heavy (non-hydrogen) atoms. The molecule has 4 heteroatoms. The number of imidazole rings is 1. The molecule has 0 aliphatic rings. The van der Waals surface area contributed by atoms with E-state index in [1.807, 2.05) is 24.3 Å². The highest BCUT2D eigenvalue weighted by molar-refractivity contribution is 6.33. The molecular weight excluding hydrogens is 246 g/mol. The van der Waals surface area contributed by atoms with Crippen LogP contribution in [0.15, 0.2) is 36.4 Å². The molecule has 3 rings (SSSR count). The van der Waals surface area contributed by atoms with Gasteiger partial charge in [0.25, 0.3) is 0 Å². The molecule has 1 aromatic heterocycles. The van der Waals surface area contributed by atoms with Gasteiger partial charge in [-0.2, -0.15) is 0 Å². The number of hydrogen-bond acceptors (Lipinski definition) is 2. The van der Waals surface area contributed by atoms with Crippen molar-refractivity contribution in [1.29, 1.82) is 0 Å². The highest BCUT2D eigenvalue weighted by Gasteiger charge is 2.06. The van der Waals surface area contributed by atoms with Gasteiger partial charge in [-0.25, -0.2) is 4.98 Å². The molecule has 0 spiro atoms. The number of nitrogens with one attached hydrogen (secondary N) is 1. The predicted octanol–water partition coefficient (Wildman–Crippen LogP) is 3.77. The number of benzene rings is 2. The third-order valence-corrected chi connectivity index (χ3v) is 3.25. The van der Waals surface area contributed by atoms with Crippen LogP contribution in [0, 0.1) is 6.92 Å². The highest BCUT2D eigenvalue weighted by Crippen LogP contribution is 2.26. The Labute approximate surface area is 110 Å². The second-order valence-electron chi connectivity index (χ2n) is 4.34. The van der Waals surface area contributed by atoms with E-state index in [1.54, 1.807) is 6.07 Å². The zero-order chi connectivity index (χ0) is 12.7. The van der Waals surface area contributed by atoms with E-state index in [-0.39, 0.29) is 0 Å². The Kier molecular flexibility index (Phi) is 2.49. The van der Waals surface area contributed by atoms with Crippen LogP contribution >= 0.6 is 11.6 Å². The SMILES string of the molecule is Cc1ccc2nc(-c3ccc(Cl)c(N)c3)[nH]c2c1. The third kappa shape index (κ3) is 1.83. The van der Waals surface area contributed by atoms with Gasteiger partial charge in [-0.15, -0.1) is 0 Å². The molecule has 0 radical (unpaired) electrons. The quantitative estimate of drug-likeness (QED) is 0.652. The molecule has 0 saturated heterocycles. The predicted molar refractivity (Wildman–Crippen MR) is 75.7 cm³/mol. The van der Waals surface area contributed by atoms with Gasteiger partial charge in [0.15, 0.2) is 0 Å². The van der Waals surface area contributed by atoms with Crippen LogP contribution in [0.3, 0.4) is 0 Å². The maximum absolute atomic E-state index is 5.91. The summed E-state index contributed by atoms with van der Waals surface area (Å²) in [6.07, 6.45) is 0. The number of rotatable bonds is 1. The van der Waals surface area contributed by atoms with Gasteiger partial charge in [0.1, 0.15) is 5.82 Å². The highest BCUT2D eigenvalue weighted by atomic mass is 35.5. The number of nitrogens with zero attached hydrogens (tertiary/aromatic N) is 1. The minimum Gasteiger partial charge on any atom is -0.398 e. The second-order valence-corrected chi connectivity index (χ2v) is 4.75. The van der Waals surface area contributed by atoms with Gasteiger partial charge in [0.2, 0.25) is 0 Å². The molecule has 0 saturated carbocycles. The number of hydrogen-bond donors (Lipinski definition) is 2. The largest absolute Gasteiger partial charge is 0.398 e. The van der Waals surface area contributed by atoms with Gasteiger partial charge in [0, 0.05) is 5.56 Å². The monoisotopic (exact) mass is 257 g/mol. The molecule has 0 aliphatic heterocycles. The summed E-state index contributed by atoms with van der Waals surface area (Å²) in [5.41, 5.74) is 10.5. The van der Waals surface area contributed by atoms with Crippen LogP contribution in [0.2, 0.25) is 5.02 Å². The Morgan fingerprint density at radius 3 is 2.78 bits per heavy atom. The number of aromatic amines is 1. The number of aryl methyl sites for hydroxylation is 1. The van der Waals surface area contributed by atoms with E-state index in [0.717, 1.165) is 22.4 Å². The van der Waals surface area contributed by atoms with Crippen molar-refractivity contribution < 1.29 is 0 Å². The van der Waals surface area contributed by atoms with Crippen LogP contribution in [0.5, 0.6) is 0 Å². The van der Waals surface area contributed by atoms with Crippen molar-refractivity contribution in [2.75, 3.05) is 5.73 Å². The van der Waals surface area contributed by atoms with Gasteiger partial charge in [-0.05, 0) is 42.8 Å². The summed E-state index contributed by atoms with van der Waals surface area (Å²) in [6.45, 7) is 2.06. The molecule has 3 nitrogen and oxygen atoms in total. The summed E-state index contributed by atoms with van der Waals surface area (Å²) >= 11 is 5.91. The first kappa shape index (κ1) is 11.1. The average Bonchev–Trinajstić information content (AvgIpc) is 2.75. The van der Waals surface area contributed by atoms with Gasteiger partial charge < -0.3 is 10.7 Å². The number of nitrogen functional groups attached to an aromatic ring is 1. The van der Waals surface area contributed by atoms with Crippen molar-refractivity contribution in [1.82, 2.24) is 9.97 Å². The lowest BCUT2D eigenvalue weighted by Crippen LogP contribution is -1.88. The molecule has 3 N–H and O–H groups in total. The first-order valence-electron chi connectivity index (χ1n) is 5.65. The number of fused-ring (bicyclic) bond motifs is 1. The molecule has 3 aromatic rings. The average molecular weight is 258 g/mol.